The minimum Gasteiger partial charge on any atom is -0.768 e. The highest BCUT2D eigenvalue weighted by Gasteiger charge is 2.03. The van der Waals surface area contributed by atoms with E-state index in [1.54, 1.807) is 0 Å². The predicted molar refractivity (Wildman–Crippen MR) is 49.7 cm³/mol. The number of hydrogen-bond donors (Lipinski definition) is 1. The van der Waals surface area contributed by atoms with Crippen LogP contribution in [-0.4, -0.2) is 18.9 Å². The SMILES string of the molecule is O=c1[nH]c(-c2ccc(S(=O)[O-])cc2)no1. The van der Waals surface area contributed by atoms with Gasteiger partial charge < -0.3 is 4.55 Å². The molecule has 0 aliphatic rings. The monoisotopic (exact) mass is 225 g/mol. The van der Waals surface area contributed by atoms with E-state index in [0.717, 1.165) is 0 Å². The van der Waals surface area contributed by atoms with Crippen molar-refractivity contribution in [2.24, 2.45) is 0 Å². The lowest BCUT2D eigenvalue weighted by molar-refractivity contribution is 0.388. The van der Waals surface area contributed by atoms with E-state index < -0.39 is 16.8 Å². The molecule has 2 rings (SSSR count). The zero-order valence-corrected chi connectivity index (χ0v) is 8.11. The van der Waals surface area contributed by atoms with Crippen molar-refractivity contribution in [2.75, 3.05) is 0 Å². The Kier molecular flexibility index (Phi) is 2.48. The van der Waals surface area contributed by atoms with Crippen molar-refractivity contribution < 1.29 is 13.3 Å². The number of hydrogen-bond acceptors (Lipinski definition) is 5. The highest BCUT2D eigenvalue weighted by atomic mass is 32.2. The molecule has 1 heterocycles. The van der Waals surface area contributed by atoms with Crippen LogP contribution >= 0.6 is 0 Å². The molecule has 0 fully saturated rings. The molecule has 78 valence electrons. The van der Waals surface area contributed by atoms with Gasteiger partial charge >= 0.3 is 5.76 Å². The Labute approximate surface area is 86.2 Å². The van der Waals surface area contributed by atoms with Crippen LogP contribution in [0, 0.1) is 0 Å². The highest BCUT2D eigenvalue weighted by molar-refractivity contribution is 7.79. The molecule has 7 heteroatoms. The number of nitrogens with one attached hydrogen (secondary N) is 1. The summed E-state index contributed by atoms with van der Waals surface area (Å²) in [5.41, 5.74) is 0.579. The first-order valence-corrected chi connectivity index (χ1v) is 5.00. The van der Waals surface area contributed by atoms with Crippen molar-refractivity contribution in [2.45, 2.75) is 4.90 Å². The van der Waals surface area contributed by atoms with Gasteiger partial charge in [0.25, 0.3) is 0 Å². The minimum atomic E-state index is -2.25. The van der Waals surface area contributed by atoms with Crippen molar-refractivity contribution in [1.29, 1.82) is 0 Å². The van der Waals surface area contributed by atoms with Crippen molar-refractivity contribution in [3.63, 3.8) is 0 Å². The second-order valence-corrected chi connectivity index (χ2v) is 3.64. The molecule has 0 aliphatic heterocycles. The van der Waals surface area contributed by atoms with Gasteiger partial charge in [-0.1, -0.05) is 5.16 Å². The molecule has 0 aliphatic carbocycles. The Bertz CT molecular complexity index is 542. The van der Waals surface area contributed by atoms with Crippen LogP contribution in [0.15, 0.2) is 38.5 Å². The van der Waals surface area contributed by atoms with Crippen LogP contribution in [0.5, 0.6) is 0 Å². The number of H-pyrrole nitrogens is 1. The number of aromatic nitrogens is 2. The third-order valence-corrected chi connectivity index (χ3v) is 2.42. The zero-order valence-electron chi connectivity index (χ0n) is 7.30. The summed E-state index contributed by atoms with van der Waals surface area (Å²) >= 11 is -2.25. The molecule has 0 saturated carbocycles. The van der Waals surface area contributed by atoms with E-state index in [9.17, 15) is 13.6 Å². The predicted octanol–water partition coefficient (Wildman–Crippen LogP) is 0.268. The Hall–Kier alpha value is -1.73. The van der Waals surface area contributed by atoms with Gasteiger partial charge in [-0.15, -0.1) is 0 Å². The normalized spacial score (nSPS) is 12.6. The molecule has 1 atom stereocenters. The topological polar surface area (TPSA) is 99.0 Å². The van der Waals surface area contributed by atoms with E-state index in [1.807, 2.05) is 0 Å². The standard InChI is InChI=1S/C8H6N2O4S/c11-8-9-7(10-14-8)5-1-3-6(4-2-5)15(12)13/h1-4H,(H,12,13)(H,9,10,11)/p-1. The van der Waals surface area contributed by atoms with E-state index in [0.29, 0.717) is 5.56 Å². The molecule has 6 nitrogen and oxygen atoms in total. The fourth-order valence-corrected chi connectivity index (χ4v) is 1.44. The summed E-state index contributed by atoms with van der Waals surface area (Å²) in [7, 11) is 0. The average Bonchev–Trinajstić information content (AvgIpc) is 2.65. The van der Waals surface area contributed by atoms with Crippen LogP contribution in [0.25, 0.3) is 11.4 Å². The van der Waals surface area contributed by atoms with Crippen LogP contribution < -0.4 is 5.76 Å². The summed E-state index contributed by atoms with van der Waals surface area (Å²) in [5.74, 6) is -0.385. The van der Waals surface area contributed by atoms with Gasteiger partial charge in [0.05, 0.1) is 0 Å². The first kappa shape index (κ1) is 9.81. The quantitative estimate of drug-likeness (QED) is 0.739. The molecule has 0 saturated heterocycles. The third-order valence-electron chi connectivity index (χ3n) is 1.76. The second kappa shape index (κ2) is 3.79. The van der Waals surface area contributed by atoms with E-state index in [1.165, 1.54) is 24.3 Å². The maximum Gasteiger partial charge on any atom is 0.439 e. The molecule has 15 heavy (non-hydrogen) atoms. The molecular formula is C8H5N2O4S-. The first-order chi connectivity index (χ1) is 7.16. The van der Waals surface area contributed by atoms with E-state index >= 15 is 0 Å². The molecule has 2 aromatic rings. The largest absolute Gasteiger partial charge is 0.768 e. The molecule has 1 unspecified atom stereocenters. The van der Waals surface area contributed by atoms with Crippen molar-refractivity contribution in [3.05, 3.63) is 34.8 Å². The Morgan fingerprint density at radius 1 is 1.33 bits per heavy atom. The van der Waals surface area contributed by atoms with Crippen LogP contribution in [0.3, 0.4) is 0 Å². The lowest BCUT2D eigenvalue weighted by Crippen LogP contribution is -1.95. The van der Waals surface area contributed by atoms with Crippen molar-refractivity contribution in [3.8, 4) is 11.4 Å². The van der Waals surface area contributed by atoms with Crippen LogP contribution in [-0.2, 0) is 11.1 Å². The van der Waals surface area contributed by atoms with Gasteiger partial charge in [-0.05, 0) is 35.3 Å². The smallest absolute Gasteiger partial charge is 0.439 e. The van der Waals surface area contributed by atoms with Crippen molar-refractivity contribution >= 4 is 11.1 Å². The van der Waals surface area contributed by atoms with Gasteiger partial charge in [-0.25, -0.2) is 4.79 Å². The zero-order chi connectivity index (χ0) is 10.8. The van der Waals surface area contributed by atoms with Crippen LogP contribution in [0.2, 0.25) is 0 Å². The summed E-state index contributed by atoms with van der Waals surface area (Å²) < 4.78 is 25.4. The average molecular weight is 225 g/mol. The lowest BCUT2D eigenvalue weighted by Gasteiger charge is -2.04. The molecule has 0 amide bonds. The highest BCUT2D eigenvalue weighted by Crippen LogP contribution is 2.15. The third kappa shape index (κ3) is 2.03. The molecule has 1 N–H and O–H groups in total. The molecular weight excluding hydrogens is 220 g/mol. The van der Waals surface area contributed by atoms with E-state index in [-0.39, 0.29) is 10.7 Å². The van der Waals surface area contributed by atoms with Gasteiger partial charge in [0.2, 0.25) is 0 Å². The summed E-state index contributed by atoms with van der Waals surface area (Å²) in [6.45, 7) is 0. The van der Waals surface area contributed by atoms with Crippen LogP contribution in [0.4, 0.5) is 0 Å². The Balaban J connectivity index is 2.39. The Morgan fingerprint density at radius 2 is 2.00 bits per heavy atom. The second-order valence-electron chi connectivity index (χ2n) is 2.70. The molecule has 0 bridgehead atoms. The summed E-state index contributed by atoms with van der Waals surface area (Å²) in [5, 5.41) is 3.46. The molecule has 0 spiro atoms. The summed E-state index contributed by atoms with van der Waals surface area (Å²) in [4.78, 5) is 13.2. The maximum atomic E-state index is 10.7. The van der Waals surface area contributed by atoms with Gasteiger partial charge in [0.1, 0.15) is 0 Å². The number of aromatic amines is 1. The number of benzene rings is 1. The molecule has 1 aromatic carbocycles. The van der Waals surface area contributed by atoms with E-state index in [2.05, 4.69) is 14.7 Å². The maximum absolute atomic E-state index is 10.7. The van der Waals surface area contributed by atoms with Gasteiger partial charge in [-0.3, -0.25) is 13.7 Å². The lowest BCUT2D eigenvalue weighted by atomic mass is 10.2. The first-order valence-electron chi connectivity index (χ1n) is 3.92. The van der Waals surface area contributed by atoms with Crippen molar-refractivity contribution in [1.82, 2.24) is 10.1 Å². The fourth-order valence-electron chi connectivity index (χ4n) is 1.08. The number of nitrogens with zero attached hydrogens (tertiary/aromatic N) is 1. The minimum absolute atomic E-state index is 0.171. The Morgan fingerprint density at radius 3 is 2.47 bits per heavy atom. The summed E-state index contributed by atoms with van der Waals surface area (Å²) in [6.07, 6.45) is 0. The fraction of sp³-hybridized carbons (Fsp3) is 0. The van der Waals surface area contributed by atoms with Gasteiger partial charge in [0.15, 0.2) is 5.82 Å². The van der Waals surface area contributed by atoms with Gasteiger partial charge in [0, 0.05) is 10.5 Å². The van der Waals surface area contributed by atoms with Gasteiger partial charge in [-0.2, -0.15) is 0 Å². The molecule has 1 aromatic heterocycles. The van der Waals surface area contributed by atoms with Crippen LogP contribution in [0.1, 0.15) is 0 Å². The number of rotatable bonds is 2. The molecule has 0 radical (unpaired) electrons. The summed E-state index contributed by atoms with van der Waals surface area (Å²) in [6, 6.07) is 5.87. The van der Waals surface area contributed by atoms with E-state index in [4.69, 9.17) is 0 Å².